The largest absolute Gasteiger partial charge is 0.365 e. The van der Waals surface area contributed by atoms with Crippen LogP contribution in [0.3, 0.4) is 0 Å². The quantitative estimate of drug-likeness (QED) is 0.830. The summed E-state index contributed by atoms with van der Waals surface area (Å²) < 4.78 is 1.26. The average molecular weight is 253 g/mol. The van der Waals surface area contributed by atoms with Gasteiger partial charge in [-0.05, 0) is 24.8 Å². The maximum Gasteiger partial charge on any atom is 0.364 e. The lowest BCUT2D eigenvalue weighted by Crippen LogP contribution is -2.23. The third-order valence-electron chi connectivity index (χ3n) is 2.49. The van der Waals surface area contributed by atoms with Gasteiger partial charge < -0.3 is 5.32 Å². The molecule has 0 radical (unpaired) electrons. The molecule has 0 aliphatic carbocycles. The zero-order valence-electron chi connectivity index (χ0n) is 9.80. The molecule has 1 unspecified atom stereocenters. The first kappa shape index (κ1) is 12.0. The Morgan fingerprint density at radius 2 is 2.41 bits per heavy atom. The standard InChI is InChI=1S/C10H15N5OS/c1-3-7(6-17-2)11-8-4-5-9-12-13-10(16)15(9)14-8/h4-5,7H,3,6H2,1-2H3,(H,11,14)(H,13,16). The molecule has 2 heterocycles. The second-order valence-corrected chi connectivity index (χ2v) is 4.63. The third kappa shape index (κ3) is 2.60. The fourth-order valence-electron chi connectivity index (χ4n) is 1.55. The Balaban J connectivity index is 2.23. The molecule has 2 rings (SSSR count). The monoisotopic (exact) mass is 253 g/mol. The van der Waals surface area contributed by atoms with E-state index in [0.29, 0.717) is 17.5 Å². The average Bonchev–Trinajstić information content (AvgIpc) is 2.70. The van der Waals surface area contributed by atoms with Gasteiger partial charge in [0, 0.05) is 11.8 Å². The summed E-state index contributed by atoms with van der Waals surface area (Å²) in [4.78, 5) is 11.4. The molecule has 2 aromatic heterocycles. The zero-order chi connectivity index (χ0) is 12.3. The molecule has 0 spiro atoms. The molecule has 2 N–H and O–H groups in total. The molecule has 7 heteroatoms. The number of hydrogen-bond acceptors (Lipinski definition) is 5. The van der Waals surface area contributed by atoms with E-state index in [9.17, 15) is 4.79 Å². The number of thioether (sulfide) groups is 1. The molecule has 1 atom stereocenters. The van der Waals surface area contributed by atoms with E-state index < -0.39 is 0 Å². The fraction of sp³-hybridized carbons (Fsp3) is 0.500. The second kappa shape index (κ2) is 5.22. The number of rotatable bonds is 5. The van der Waals surface area contributed by atoms with Crippen LogP contribution in [0.5, 0.6) is 0 Å². The minimum absolute atomic E-state index is 0.318. The van der Waals surface area contributed by atoms with Crippen molar-refractivity contribution in [1.29, 1.82) is 0 Å². The van der Waals surface area contributed by atoms with E-state index in [0.717, 1.165) is 12.2 Å². The second-order valence-electron chi connectivity index (χ2n) is 3.72. The van der Waals surface area contributed by atoms with Crippen LogP contribution in [0.1, 0.15) is 13.3 Å². The van der Waals surface area contributed by atoms with Crippen molar-refractivity contribution >= 4 is 23.2 Å². The van der Waals surface area contributed by atoms with Gasteiger partial charge in [0.25, 0.3) is 0 Å². The van der Waals surface area contributed by atoms with E-state index in [1.54, 1.807) is 17.8 Å². The van der Waals surface area contributed by atoms with Crippen LogP contribution in [0.25, 0.3) is 5.65 Å². The summed E-state index contributed by atoms with van der Waals surface area (Å²) in [5.41, 5.74) is 0.208. The lowest BCUT2D eigenvalue weighted by molar-refractivity contribution is 0.758. The van der Waals surface area contributed by atoms with Crippen LogP contribution in [0.2, 0.25) is 0 Å². The number of hydrogen-bond donors (Lipinski definition) is 2. The molecule has 0 saturated carbocycles. The van der Waals surface area contributed by atoms with E-state index in [2.05, 4.69) is 33.8 Å². The van der Waals surface area contributed by atoms with Gasteiger partial charge in [-0.1, -0.05) is 6.92 Å². The van der Waals surface area contributed by atoms with Crippen molar-refractivity contribution in [1.82, 2.24) is 19.8 Å². The third-order valence-corrected chi connectivity index (χ3v) is 3.22. The highest BCUT2D eigenvalue weighted by Gasteiger charge is 2.07. The van der Waals surface area contributed by atoms with Gasteiger partial charge in [-0.25, -0.2) is 9.89 Å². The van der Waals surface area contributed by atoms with Crippen LogP contribution in [-0.4, -0.2) is 37.9 Å². The number of H-pyrrole nitrogens is 1. The summed E-state index contributed by atoms with van der Waals surface area (Å²) in [7, 11) is 0. The molecule has 6 nitrogen and oxygen atoms in total. The van der Waals surface area contributed by atoms with Crippen molar-refractivity contribution < 1.29 is 0 Å². The summed E-state index contributed by atoms with van der Waals surface area (Å²) in [5, 5.41) is 13.7. The number of aromatic nitrogens is 4. The molecule has 0 saturated heterocycles. The smallest absolute Gasteiger partial charge is 0.364 e. The van der Waals surface area contributed by atoms with E-state index in [4.69, 9.17) is 0 Å². The van der Waals surface area contributed by atoms with Gasteiger partial charge in [0.1, 0.15) is 5.82 Å². The van der Waals surface area contributed by atoms with Gasteiger partial charge in [-0.2, -0.15) is 21.4 Å². The molecule has 0 fully saturated rings. The Hall–Kier alpha value is -1.50. The van der Waals surface area contributed by atoms with Crippen LogP contribution >= 0.6 is 11.8 Å². The number of fused-ring (bicyclic) bond motifs is 1. The minimum Gasteiger partial charge on any atom is -0.365 e. The molecule has 2 aromatic rings. The first-order valence-corrected chi connectivity index (χ1v) is 6.84. The molecular formula is C10H15N5OS. The molecule has 0 aromatic carbocycles. The SMILES string of the molecule is CCC(CSC)Nc1ccc2n[nH]c(=O)n2n1. The van der Waals surface area contributed by atoms with Crippen LogP contribution in [0.15, 0.2) is 16.9 Å². The van der Waals surface area contributed by atoms with Crippen LogP contribution < -0.4 is 11.0 Å². The highest BCUT2D eigenvalue weighted by molar-refractivity contribution is 7.98. The van der Waals surface area contributed by atoms with Crippen LogP contribution in [0.4, 0.5) is 5.82 Å². The summed E-state index contributed by atoms with van der Waals surface area (Å²) in [5.74, 6) is 1.71. The molecule has 0 amide bonds. The Morgan fingerprint density at radius 3 is 3.12 bits per heavy atom. The summed E-state index contributed by atoms with van der Waals surface area (Å²) in [6.45, 7) is 2.12. The molecule has 0 aliphatic rings. The molecule has 0 bridgehead atoms. The number of anilines is 1. The van der Waals surface area contributed by atoms with E-state index in [-0.39, 0.29) is 5.69 Å². The first-order valence-electron chi connectivity index (χ1n) is 5.44. The van der Waals surface area contributed by atoms with Gasteiger partial charge in [-0.15, -0.1) is 5.10 Å². The lowest BCUT2D eigenvalue weighted by atomic mass is 10.2. The number of aromatic amines is 1. The molecule has 17 heavy (non-hydrogen) atoms. The zero-order valence-corrected chi connectivity index (χ0v) is 10.6. The first-order chi connectivity index (χ1) is 8.24. The van der Waals surface area contributed by atoms with E-state index in [1.807, 2.05) is 6.07 Å². The maximum absolute atomic E-state index is 11.4. The van der Waals surface area contributed by atoms with Gasteiger partial charge in [0.15, 0.2) is 5.65 Å². The lowest BCUT2D eigenvalue weighted by Gasteiger charge is -2.15. The Morgan fingerprint density at radius 1 is 1.59 bits per heavy atom. The highest BCUT2D eigenvalue weighted by atomic mass is 32.2. The Kier molecular flexibility index (Phi) is 3.68. The fourth-order valence-corrected chi connectivity index (χ4v) is 2.27. The van der Waals surface area contributed by atoms with Gasteiger partial charge in [0.05, 0.1) is 0 Å². The number of nitrogens with one attached hydrogen (secondary N) is 2. The normalized spacial score (nSPS) is 12.8. The van der Waals surface area contributed by atoms with E-state index >= 15 is 0 Å². The Labute approximate surface area is 103 Å². The molecular weight excluding hydrogens is 238 g/mol. The van der Waals surface area contributed by atoms with Crippen molar-refractivity contribution in [3.63, 3.8) is 0 Å². The highest BCUT2D eigenvalue weighted by Crippen LogP contribution is 2.09. The minimum atomic E-state index is -0.318. The Bertz CT molecular complexity index is 549. The summed E-state index contributed by atoms with van der Waals surface area (Å²) >= 11 is 1.78. The summed E-state index contributed by atoms with van der Waals surface area (Å²) in [6.07, 6.45) is 3.09. The predicted octanol–water partition coefficient (Wildman–Crippen LogP) is 0.971. The number of nitrogens with zero attached hydrogens (tertiary/aromatic N) is 3. The molecule has 92 valence electrons. The van der Waals surface area contributed by atoms with Crippen molar-refractivity contribution in [2.24, 2.45) is 0 Å². The van der Waals surface area contributed by atoms with E-state index in [1.165, 1.54) is 4.52 Å². The van der Waals surface area contributed by atoms with Crippen molar-refractivity contribution in [3.8, 4) is 0 Å². The van der Waals surface area contributed by atoms with Crippen molar-refractivity contribution in [2.45, 2.75) is 19.4 Å². The van der Waals surface area contributed by atoms with Gasteiger partial charge in [-0.3, -0.25) is 0 Å². The predicted molar refractivity (Wildman–Crippen MR) is 69.7 cm³/mol. The topological polar surface area (TPSA) is 75.1 Å². The van der Waals surface area contributed by atoms with Gasteiger partial charge in [0.2, 0.25) is 0 Å². The van der Waals surface area contributed by atoms with Gasteiger partial charge >= 0.3 is 5.69 Å². The van der Waals surface area contributed by atoms with Crippen molar-refractivity contribution in [3.05, 3.63) is 22.6 Å². The van der Waals surface area contributed by atoms with Crippen LogP contribution in [-0.2, 0) is 0 Å². The van der Waals surface area contributed by atoms with Crippen LogP contribution in [0, 0.1) is 0 Å². The molecule has 0 aliphatic heterocycles. The van der Waals surface area contributed by atoms with Crippen molar-refractivity contribution in [2.75, 3.05) is 17.3 Å². The summed E-state index contributed by atoms with van der Waals surface area (Å²) in [6, 6.07) is 3.95. The maximum atomic E-state index is 11.4.